The molecule has 126 valence electrons. The van der Waals surface area contributed by atoms with Crippen LogP contribution in [0.4, 0.5) is 0 Å². The molecule has 1 unspecified atom stereocenters. The summed E-state index contributed by atoms with van der Waals surface area (Å²) in [6.07, 6.45) is 4.22. The summed E-state index contributed by atoms with van der Waals surface area (Å²) in [6, 6.07) is 7.40. The number of rotatable bonds is 10. The third-order valence-corrected chi connectivity index (χ3v) is 3.51. The highest BCUT2D eigenvalue weighted by Gasteiger charge is 2.10. The lowest BCUT2D eigenvalue weighted by molar-refractivity contribution is -0.122. The van der Waals surface area contributed by atoms with Crippen LogP contribution in [0.3, 0.4) is 0 Å². The first-order valence-corrected chi connectivity index (χ1v) is 7.92. The SMILES string of the molecule is CCCCC(CN)NC(=O)CCCOc1ccccc1Cl.Cl. The summed E-state index contributed by atoms with van der Waals surface area (Å²) in [4.78, 5) is 11.8. The fourth-order valence-corrected chi connectivity index (χ4v) is 2.17. The number of hydrogen-bond donors (Lipinski definition) is 2. The highest BCUT2D eigenvalue weighted by molar-refractivity contribution is 6.32. The molecule has 6 heteroatoms. The van der Waals surface area contributed by atoms with Gasteiger partial charge in [0.25, 0.3) is 0 Å². The molecule has 1 aromatic rings. The van der Waals surface area contributed by atoms with Gasteiger partial charge in [-0.3, -0.25) is 4.79 Å². The van der Waals surface area contributed by atoms with Gasteiger partial charge in [-0.2, -0.15) is 0 Å². The van der Waals surface area contributed by atoms with E-state index in [9.17, 15) is 4.79 Å². The van der Waals surface area contributed by atoms with Crippen LogP contribution in [0.25, 0.3) is 0 Å². The quantitative estimate of drug-likeness (QED) is 0.635. The van der Waals surface area contributed by atoms with Crippen LogP contribution in [0, 0.1) is 0 Å². The molecule has 4 nitrogen and oxygen atoms in total. The molecule has 0 bridgehead atoms. The normalized spacial score (nSPS) is 11.4. The van der Waals surface area contributed by atoms with E-state index in [1.54, 1.807) is 6.07 Å². The number of nitrogens with one attached hydrogen (secondary N) is 1. The van der Waals surface area contributed by atoms with Gasteiger partial charge >= 0.3 is 0 Å². The van der Waals surface area contributed by atoms with E-state index in [2.05, 4.69) is 12.2 Å². The Kier molecular flexibility index (Phi) is 12.0. The lowest BCUT2D eigenvalue weighted by atomic mass is 10.1. The van der Waals surface area contributed by atoms with Crippen LogP contribution in [-0.2, 0) is 4.79 Å². The number of carbonyl (C=O) groups excluding carboxylic acids is 1. The van der Waals surface area contributed by atoms with E-state index in [1.165, 1.54) is 0 Å². The van der Waals surface area contributed by atoms with E-state index < -0.39 is 0 Å². The second kappa shape index (κ2) is 12.6. The first-order valence-electron chi connectivity index (χ1n) is 7.54. The first kappa shape index (κ1) is 21.0. The molecule has 0 aliphatic carbocycles. The minimum atomic E-state index is 0. The van der Waals surface area contributed by atoms with Crippen LogP contribution >= 0.6 is 24.0 Å². The zero-order chi connectivity index (χ0) is 15.5. The van der Waals surface area contributed by atoms with Crippen molar-refractivity contribution >= 4 is 29.9 Å². The van der Waals surface area contributed by atoms with Gasteiger partial charge in [0.2, 0.25) is 5.91 Å². The molecule has 1 aromatic carbocycles. The lowest BCUT2D eigenvalue weighted by Gasteiger charge is -2.16. The van der Waals surface area contributed by atoms with Crippen molar-refractivity contribution in [1.82, 2.24) is 5.32 Å². The molecule has 0 spiro atoms. The molecular weight excluding hydrogens is 323 g/mol. The van der Waals surface area contributed by atoms with Gasteiger partial charge < -0.3 is 15.8 Å². The summed E-state index contributed by atoms with van der Waals surface area (Å²) in [7, 11) is 0. The second-order valence-corrected chi connectivity index (χ2v) is 5.43. The van der Waals surface area contributed by atoms with Crippen LogP contribution in [0.1, 0.15) is 39.0 Å². The van der Waals surface area contributed by atoms with Gasteiger partial charge in [-0.1, -0.05) is 43.5 Å². The minimum absolute atomic E-state index is 0. The number of amides is 1. The van der Waals surface area contributed by atoms with Crippen molar-refractivity contribution in [3.8, 4) is 5.75 Å². The lowest BCUT2D eigenvalue weighted by Crippen LogP contribution is -2.40. The Labute approximate surface area is 144 Å². The summed E-state index contributed by atoms with van der Waals surface area (Å²) >= 11 is 5.98. The van der Waals surface area contributed by atoms with E-state index in [0.29, 0.717) is 36.8 Å². The zero-order valence-electron chi connectivity index (χ0n) is 13.0. The second-order valence-electron chi connectivity index (χ2n) is 5.02. The Morgan fingerprint density at radius 2 is 2.09 bits per heavy atom. The molecule has 1 rings (SSSR count). The Morgan fingerprint density at radius 1 is 1.36 bits per heavy atom. The van der Waals surface area contributed by atoms with E-state index >= 15 is 0 Å². The molecule has 3 N–H and O–H groups in total. The molecular formula is C16H26Cl2N2O2. The molecule has 0 aliphatic heterocycles. The number of ether oxygens (including phenoxy) is 1. The largest absolute Gasteiger partial charge is 0.492 e. The Morgan fingerprint density at radius 3 is 2.73 bits per heavy atom. The summed E-state index contributed by atoms with van der Waals surface area (Å²) < 4.78 is 5.55. The molecule has 0 fully saturated rings. The predicted octanol–water partition coefficient (Wildman–Crippen LogP) is 3.55. The van der Waals surface area contributed by atoms with Crippen LogP contribution in [-0.4, -0.2) is 25.1 Å². The smallest absolute Gasteiger partial charge is 0.220 e. The van der Waals surface area contributed by atoms with Gasteiger partial charge in [-0.05, 0) is 25.0 Å². The van der Waals surface area contributed by atoms with Gasteiger partial charge in [-0.15, -0.1) is 12.4 Å². The highest BCUT2D eigenvalue weighted by Crippen LogP contribution is 2.23. The molecule has 22 heavy (non-hydrogen) atoms. The number of halogens is 2. The van der Waals surface area contributed by atoms with Gasteiger partial charge in [0.05, 0.1) is 11.6 Å². The number of benzene rings is 1. The summed E-state index contributed by atoms with van der Waals surface area (Å²) in [6.45, 7) is 3.09. The van der Waals surface area contributed by atoms with Crippen molar-refractivity contribution in [1.29, 1.82) is 0 Å². The summed E-state index contributed by atoms with van der Waals surface area (Å²) in [5, 5.41) is 3.55. The van der Waals surface area contributed by atoms with Crippen LogP contribution in [0.15, 0.2) is 24.3 Å². The maximum absolute atomic E-state index is 11.8. The zero-order valence-corrected chi connectivity index (χ0v) is 14.6. The van der Waals surface area contributed by atoms with E-state index in [1.807, 2.05) is 18.2 Å². The number of carbonyl (C=O) groups is 1. The average Bonchev–Trinajstić information content (AvgIpc) is 2.49. The number of hydrogen-bond acceptors (Lipinski definition) is 3. The number of nitrogens with two attached hydrogens (primary N) is 1. The average molecular weight is 349 g/mol. The standard InChI is InChI=1S/C16H25ClN2O2.ClH/c1-2-3-7-13(12-18)19-16(20)10-6-11-21-15-9-5-4-8-14(15)17;/h4-5,8-9,13H,2-3,6-7,10-12,18H2,1H3,(H,19,20);1H. The highest BCUT2D eigenvalue weighted by atomic mass is 35.5. The third kappa shape index (κ3) is 8.47. The Hall–Kier alpha value is -0.970. The Bertz CT molecular complexity index is 430. The summed E-state index contributed by atoms with van der Waals surface area (Å²) in [5.74, 6) is 0.687. The van der Waals surface area contributed by atoms with Crippen LogP contribution in [0.2, 0.25) is 5.02 Å². The van der Waals surface area contributed by atoms with E-state index in [4.69, 9.17) is 22.1 Å². The number of unbranched alkanes of at least 4 members (excludes halogenated alkanes) is 1. The molecule has 0 radical (unpaired) electrons. The van der Waals surface area contributed by atoms with E-state index in [0.717, 1.165) is 19.3 Å². The molecule has 0 saturated heterocycles. The molecule has 0 aliphatic rings. The number of para-hydroxylation sites is 1. The summed E-state index contributed by atoms with van der Waals surface area (Å²) in [5.41, 5.74) is 5.66. The van der Waals surface area contributed by atoms with Crippen LogP contribution in [0.5, 0.6) is 5.75 Å². The molecule has 0 aromatic heterocycles. The predicted molar refractivity (Wildman–Crippen MR) is 93.9 cm³/mol. The van der Waals surface area contributed by atoms with Crippen molar-refractivity contribution in [3.05, 3.63) is 29.3 Å². The maximum atomic E-state index is 11.8. The monoisotopic (exact) mass is 348 g/mol. The van der Waals surface area contributed by atoms with Crippen molar-refractivity contribution in [2.75, 3.05) is 13.2 Å². The molecule has 1 atom stereocenters. The fraction of sp³-hybridized carbons (Fsp3) is 0.562. The van der Waals surface area contributed by atoms with Crippen LogP contribution < -0.4 is 15.8 Å². The molecule has 1 amide bonds. The van der Waals surface area contributed by atoms with Crippen molar-refractivity contribution in [2.24, 2.45) is 5.73 Å². The molecule has 0 heterocycles. The van der Waals surface area contributed by atoms with Crippen molar-refractivity contribution < 1.29 is 9.53 Å². The van der Waals surface area contributed by atoms with Gasteiger partial charge in [-0.25, -0.2) is 0 Å². The third-order valence-electron chi connectivity index (χ3n) is 3.20. The van der Waals surface area contributed by atoms with Gasteiger partial charge in [0.1, 0.15) is 5.75 Å². The van der Waals surface area contributed by atoms with Crippen molar-refractivity contribution in [3.63, 3.8) is 0 Å². The first-order chi connectivity index (χ1) is 10.2. The topological polar surface area (TPSA) is 64.3 Å². The van der Waals surface area contributed by atoms with Gasteiger partial charge in [0.15, 0.2) is 0 Å². The van der Waals surface area contributed by atoms with Crippen molar-refractivity contribution in [2.45, 2.75) is 45.1 Å². The molecule has 0 saturated carbocycles. The minimum Gasteiger partial charge on any atom is -0.492 e. The fourth-order valence-electron chi connectivity index (χ4n) is 1.98. The maximum Gasteiger partial charge on any atom is 0.220 e. The van der Waals surface area contributed by atoms with Gasteiger partial charge in [0, 0.05) is 19.0 Å². The van der Waals surface area contributed by atoms with E-state index in [-0.39, 0.29) is 24.4 Å². The Balaban J connectivity index is 0.00000441.